The molecule has 2 aromatic carbocycles. The van der Waals surface area contributed by atoms with Gasteiger partial charge in [0.15, 0.2) is 0 Å². The van der Waals surface area contributed by atoms with E-state index in [2.05, 4.69) is 16.0 Å². The molecule has 5 nitrogen and oxygen atoms in total. The van der Waals surface area contributed by atoms with Gasteiger partial charge in [-0.25, -0.2) is 0 Å². The summed E-state index contributed by atoms with van der Waals surface area (Å²) < 4.78 is 0. The number of hydrogen-bond acceptors (Lipinski definition) is 3. The van der Waals surface area contributed by atoms with Gasteiger partial charge >= 0.3 is 0 Å². The number of benzene rings is 2. The third-order valence-electron chi connectivity index (χ3n) is 4.09. The van der Waals surface area contributed by atoms with Crippen LogP contribution < -0.4 is 16.0 Å². The fraction of sp³-hybridized carbons (Fsp3) is 0.263. The Morgan fingerprint density at radius 3 is 2.42 bits per heavy atom. The number of hydrogen-bond donors (Lipinski definition) is 3. The largest absolute Gasteiger partial charge is 0.354 e. The van der Waals surface area contributed by atoms with Gasteiger partial charge in [0.05, 0.1) is 11.4 Å². The summed E-state index contributed by atoms with van der Waals surface area (Å²) in [6.45, 7) is 1.92. The quantitative estimate of drug-likeness (QED) is 0.808. The average Bonchev–Trinajstić information content (AvgIpc) is 2.56. The van der Waals surface area contributed by atoms with Crippen molar-refractivity contribution in [2.45, 2.75) is 25.8 Å². The monoisotopic (exact) mass is 323 g/mol. The maximum atomic E-state index is 12.5. The van der Waals surface area contributed by atoms with Gasteiger partial charge in [0.1, 0.15) is 0 Å². The molecular weight excluding hydrogens is 302 g/mol. The molecule has 2 atom stereocenters. The van der Waals surface area contributed by atoms with Crippen molar-refractivity contribution in [3.63, 3.8) is 0 Å². The summed E-state index contributed by atoms with van der Waals surface area (Å²) in [5.74, 6) is -0.470. The van der Waals surface area contributed by atoms with Gasteiger partial charge in [0.2, 0.25) is 11.8 Å². The van der Waals surface area contributed by atoms with Crippen LogP contribution in [0.1, 0.15) is 19.8 Å². The highest BCUT2D eigenvalue weighted by atomic mass is 16.2. The zero-order valence-electron chi connectivity index (χ0n) is 13.6. The van der Waals surface area contributed by atoms with Gasteiger partial charge in [-0.05, 0) is 37.6 Å². The predicted octanol–water partition coefficient (Wildman–Crippen LogP) is 3.28. The Morgan fingerprint density at radius 1 is 1.04 bits per heavy atom. The second kappa shape index (κ2) is 7.17. The zero-order valence-corrected chi connectivity index (χ0v) is 13.6. The molecule has 0 radical (unpaired) electrons. The predicted molar refractivity (Wildman–Crippen MR) is 95.1 cm³/mol. The van der Waals surface area contributed by atoms with E-state index in [4.69, 9.17) is 0 Å². The van der Waals surface area contributed by atoms with Crippen LogP contribution >= 0.6 is 0 Å². The Kier molecular flexibility index (Phi) is 4.79. The molecule has 0 bridgehead atoms. The minimum Gasteiger partial charge on any atom is -0.354 e. The maximum Gasteiger partial charge on any atom is 0.228 e. The molecule has 0 spiro atoms. The second-order valence-electron chi connectivity index (χ2n) is 6.13. The van der Waals surface area contributed by atoms with E-state index in [1.807, 2.05) is 61.5 Å². The van der Waals surface area contributed by atoms with E-state index in [1.165, 1.54) is 0 Å². The summed E-state index contributed by atoms with van der Waals surface area (Å²) >= 11 is 0. The molecule has 1 aliphatic heterocycles. The SMILES string of the molecule is C[C@@H]1C[C@H](C(=O)Nc2ccccc2Nc2ccccc2)CC(=O)N1. The molecule has 0 aliphatic carbocycles. The van der Waals surface area contributed by atoms with Crippen LogP contribution in [0.15, 0.2) is 54.6 Å². The molecule has 1 aliphatic rings. The lowest BCUT2D eigenvalue weighted by molar-refractivity contribution is -0.130. The second-order valence-corrected chi connectivity index (χ2v) is 6.13. The molecular formula is C19H21N3O2. The number of amides is 2. The zero-order chi connectivity index (χ0) is 16.9. The van der Waals surface area contributed by atoms with Crippen molar-refractivity contribution in [3.8, 4) is 0 Å². The molecule has 1 saturated heterocycles. The number of carbonyl (C=O) groups excluding carboxylic acids is 2. The van der Waals surface area contributed by atoms with Crippen molar-refractivity contribution >= 4 is 28.9 Å². The minimum atomic E-state index is -0.293. The first-order valence-electron chi connectivity index (χ1n) is 8.13. The van der Waals surface area contributed by atoms with E-state index < -0.39 is 0 Å². The van der Waals surface area contributed by atoms with Crippen molar-refractivity contribution < 1.29 is 9.59 Å². The summed E-state index contributed by atoms with van der Waals surface area (Å²) in [4.78, 5) is 24.2. The van der Waals surface area contributed by atoms with E-state index in [9.17, 15) is 9.59 Å². The first kappa shape index (κ1) is 16.1. The summed E-state index contributed by atoms with van der Waals surface area (Å²) in [7, 11) is 0. The van der Waals surface area contributed by atoms with Crippen LogP contribution in [0.5, 0.6) is 0 Å². The van der Waals surface area contributed by atoms with Crippen molar-refractivity contribution in [2.24, 2.45) is 5.92 Å². The number of carbonyl (C=O) groups is 2. The van der Waals surface area contributed by atoms with Gasteiger partial charge in [0, 0.05) is 24.1 Å². The molecule has 1 heterocycles. The van der Waals surface area contributed by atoms with Gasteiger partial charge < -0.3 is 16.0 Å². The van der Waals surface area contributed by atoms with Crippen molar-refractivity contribution in [3.05, 3.63) is 54.6 Å². The van der Waals surface area contributed by atoms with E-state index >= 15 is 0 Å². The highest BCUT2D eigenvalue weighted by Gasteiger charge is 2.29. The van der Waals surface area contributed by atoms with Crippen LogP contribution in [0.3, 0.4) is 0 Å². The molecule has 2 aromatic rings. The standard InChI is InChI=1S/C19H21N3O2/c1-13-11-14(12-18(23)20-13)19(24)22-17-10-6-5-9-16(17)21-15-7-3-2-4-8-15/h2-10,13-14,21H,11-12H2,1H3,(H,20,23)(H,22,24)/t13-,14+/m1/s1. The number of rotatable bonds is 4. The lowest BCUT2D eigenvalue weighted by Gasteiger charge is -2.27. The third kappa shape index (κ3) is 3.93. The Hall–Kier alpha value is -2.82. The van der Waals surface area contributed by atoms with E-state index in [-0.39, 0.29) is 30.2 Å². The molecule has 1 fully saturated rings. The summed E-state index contributed by atoms with van der Waals surface area (Å²) in [5.41, 5.74) is 2.49. The van der Waals surface area contributed by atoms with Gasteiger partial charge in [-0.1, -0.05) is 30.3 Å². The number of piperidine rings is 1. The molecule has 2 amide bonds. The fourth-order valence-corrected chi connectivity index (χ4v) is 2.94. The maximum absolute atomic E-state index is 12.5. The van der Waals surface area contributed by atoms with Crippen LogP contribution in [-0.2, 0) is 9.59 Å². The number of nitrogens with one attached hydrogen (secondary N) is 3. The first-order valence-corrected chi connectivity index (χ1v) is 8.13. The van der Waals surface area contributed by atoms with E-state index in [1.54, 1.807) is 0 Å². The van der Waals surface area contributed by atoms with Crippen LogP contribution in [-0.4, -0.2) is 17.9 Å². The van der Waals surface area contributed by atoms with Crippen LogP contribution in [0.2, 0.25) is 0 Å². The van der Waals surface area contributed by atoms with Gasteiger partial charge in [-0.3, -0.25) is 9.59 Å². The summed E-state index contributed by atoms with van der Waals surface area (Å²) in [6, 6.07) is 17.4. The van der Waals surface area contributed by atoms with Crippen molar-refractivity contribution in [1.29, 1.82) is 0 Å². The topological polar surface area (TPSA) is 70.2 Å². The first-order chi connectivity index (χ1) is 11.6. The number of para-hydroxylation sites is 3. The molecule has 3 rings (SSSR count). The van der Waals surface area contributed by atoms with Gasteiger partial charge in [0.25, 0.3) is 0 Å². The van der Waals surface area contributed by atoms with Crippen molar-refractivity contribution in [1.82, 2.24) is 5.32 Å². The third-order valence-corrected chi connectivity index (χ3v) is 4.09. The van der Waals surface area contributed by atoms with Crippen molar-refractivity contribution in [2.75, 3.05) is 10.6 Å². The number of anilines is 3. The molecule has 5 heteroatoms. The van der Waals surface area contributed by atoms with Gasteiger partial charge in [-0.15, -0.1) is 0 Å². The molecule has 124 valence electrons. The highest BCUT2D eigenvalue weighted by Crippen LogP contribution is 2.27. The lowest BCUT2D eigenvalue weighted by Crippen LogP contribution is -2.44. The molecule has 0 unspecified atom stereocenters. The summed E-state index contributed by atoms with van der Waals surface area (Å²) in [5, 5.41) is 9.11. The molecule has 0 saturated carbocycles. The van der Waals surface area contributed by atoms with Crippen LogP contribution in [0, 0.1) is 5.92 Å². The summed E-state index contributed by atoms with van der Waals surface area (Å²) in [6.07, 6.45) is 0.899. The molecule has 0 aromatic heterocycles. The van der Waals surface area contributed by atoms with Crippen LogP contribution in [0.4, 0.5) is 17.1 Å². The highest BCUT2D eigenvalue weighted by molar-refractivity contribution is 5.98. The lowest BCUT2D eigenvalue weighted by atomic mass is 9.92. The normalized spacial score (nSPS) is 20.1. The Labute approximate surface area is 141 Å². The van der Waals surface area contributed by atoms with Gasteiger partial charge in [-0.2, -0.15) is 0 Å². The Bertz CT molecular complexity index is 730. The minimum absolute atomic E-state index is 0.0275. The average molecular weight is 323 g/mol. The fourth-order valence-electron chi connectivity index (χ4n) is 2.94. The van der Waals surface area contributed by atoms with E-state index in [0.717, 1.165) is 11.4 Å². The van der Waals surface area contributed by atoms with Crippen LogP contribution in [0.25, 0.3) is 0 Å². The van der Waals surface area contributed by atoms with E-state index in [0.29, 0.717) is 12.1 Å². The Morgan fingerprint density at radius 2 is 1.71 bits per heavy atom. The Balaban J connectivity index is 1.73. The smallest absolute Gasteiger partial charge is 0.228 e. The molecule has 24 heavy (non-hydrogen) atoms. The molecule has 3 N–H and O–H groups in total.